The number of imidazole rings is 1. The molecule has 1 unspecified atom stereocenters. The van der Waals surface area contributed by atoms with Crippen LogP contribution in [0.15, 0.2) is 30.6 Å². The summed E-state index contributed by atoms with van der Waals surface area (Å²) in [4.78, 5) is 27.4. The van der Waals surface area contributed by atoms with Crippen molar-refractivity contribution in [1.82, 2.24) is 24.4 Å². The van der Waals surface area contributed by atoms with Gasteiger partial charge in [-0.1, -0.05) is 12.8 Å². The van der Waals surface area contributed by atoms with Crippen molar-refractivity contribution in [2.45, 2.75) is 76.5 Å². The molecule has 11 heteroatoms. The van der Waals surface area contributed by atoms with Gasteiger partial charge in [-0.25, -0.2) is 4.98 Å². The number of ether oxygens (including phenoxy) is 2. The Labute approximate surface area is 235 Å². The van der Waals surface area contributed by atoms with Crippen LogP contribution in [-0.4, -0.2) is 74.9 Å². The van der Waals surface area contributed by atoms with Crippen molar-refractivity contribution in [3.05, 3.63) is 30.6 Å². The van der Waals surface area contributed by atoms with E-state index in [9.17, 15) is 4.79 Å². The van der Waals surface area contributed by atoms with E-state index in [0.29, 0.717) is 25.0 Å². The Morgan fingerprint density at radius 3 is 2.62 bits per heavy atom. The molecular formula is C29H41N7O4. The number of anilines is 3. The quantitative estimate of drug-likeness (QED) is 0.244. The molecule has 1 aromatic carbocycles. The molecule has 0 radical (unpaired) electrons. The van der Waals surface area contributed by atoms with E-state index in [1.165, 1.54) is 0 Å². The third kappa shape index (κ3) is 7.60. The molecule has 2 aliphatic heterocycles. The van der Waals surface area contributed by atoms with Gasteiger partial charge in [0.2, 0.25) is 5.95 Å². The first-order chi connectivity index (χ1) is 19.5. The molecule has 11 nitrogen and oxygen atoms in total. The number of aliphatic carboxylic acids is 1. The van der Waals surface area contributed by atoms with Crippen LogP contribution in [0.3, 0.4) is 0 Å². The molecular weight excluding hydrogens is 510 g/mol. The predicted molar refractivity (Wildman–Crippen MR) is 154 cm³/mol. The number of rotatable bonds is 13. The zero-order valence-corrected chi connectivity index (χ0v) is 23.3. The summed E-state index contributed by atoms with van der Waals surface area (Å²) in [7, 11) is 2.16. The smallest absolute Gasteiger partial charge is 0.303 e. The first-order valence-electron chi connectivity index (χ1n) is 14.6. The average molecular weight is 552 g/mol. The fourth-order valence-corrected chi connectivity index (χ4v) is 5.26. The molecule has 216 valence electrons. The van der Waals surface area contributed by atoms with Crippen molar-refractivity contribution in [1.29, 1.82) is 0 Å². The number of nitrogens with zero attached hydrogens (tertiary/aromatic N) is 5. The molecule has 0 amide bonds. The van der Waals surface area contributed by atoms with E-state index in [0.717, 1.165) is 99.5 Å². The Balaban J connectivity index is 1.26. The number of hydrogen-bond donors (Lipinski definition) is 3. The van der Waals surface area contributed by atoms with Gasteiger partial charge in [0.25, 0.3) is 0 Å². The summed E-state index contributed by atoms with van der Waals surface area (Å²) < 4.78 is 14.0. The topological polar surface area (TPSA) is 127 Å². The number of nitrogens with one attached hydrogen (secondary N) is 2. The number of fused-ring (bicyclic) bond motifs is 1. The number of unbranched alkanes of at least 4 members (excludes halogenated alkanes) is 3. The Morgan fingerprint density at radius 1 is 1.07 bits per heavy atom. The predicted octanol–water partition coefficient (Wildman–Crippen LogP) is 5.19. The Morgan fingerprint density at radius 2 is 1.88 bits per heavy atom. The normalized spacial score (nSPS) is 18.6. The van der Waals surface area contributed by atoms with Gasteiger partial charge in [-0.3, -0.25) is 9.36 Å². The van der Waals surface area contributed by atoms with Gasteiger partial charge in [-0.05, 0) is 89.3 Å². The Kier molecular flexibility index (Phi) is 9.67. The van der Waals surface area contributed by atoms with E-state index >= 15 is 0 Å². The van der Waals surface area contributed by atoms with Gasteiger partial charge in [-0.2, -0.15) is 9.97 Å². The van der Waals surface area contributed by atoms with E-state index in [1.807, 2.05) is 35.2 Å². The van der Waals surface area contributed by atoms with E-state index in [1.54, 1.807) is 0 Å². The lowest BCUT2D eigenvalue weighted by Crippen LogP contribution is -2.37. The van der Waals surface area contributed by atoms with Gasteiger partial charge < -0.3 is 30.1 Å². The minimum Gasteiger partial charge on any atom is -0.494 e. The molecule has 2 aliphatic rings. The van der Waals surface area contributed by atoms with Crippen molar-refractivity contribution in [2.24, 2.45) is 0 Å². The monoisotopic (exact) mass is 551 g/mol. The molecule has 2 saturated heterocycles. The van der Waals surface area contributed by atoms with E-state index in [-0.39, 0.29) is 12.6 Å². The van der Waals surface area contributed by atoms with Crippen molar-refractivity contribution in [3.8, 4) is 5.75 Å². The lowest BCUT2D eigenvalue weighted by atomic mass is 10.1. The third-order valence-electron chi connectivity index (χ3n) is 7.61. The summed E-state index contributed by atoms with van der Waals surface area (Å²) in [6.07, 6.45) is 10.8. The lowest BCUT2D eigenvalue weighted by molar-refractivity contribution is -0.137. The van der Waals surface area contributed by atoms with Crippen LogP contribution in [0.1, 0.15) is 70.4 Å². The van der Waals surface area contributed by atoms with Gasteiger partial charge >= 0.3 is 5.97 Å². The van der Waals surface area contributed by atoms with Crippen LogP contribution in [-0.2, 0) is 9.53 Å². The standard InChI is InChI=1S/C29H41N7O4/c1-35-16-14-22(15-17-35)31-27-26-28(36(20-30-26)24-8-5-7-19-40-24)34-29(33-27)32-21-10-12-23(13-11-21)39-18-6-3-2-4-9-25(37)38/h10-13,20,22,24H,2-9,14-19H2,1H3,(H,37,38)(H2,31,32,33,34). The van der Waals surface area contributed by atoms with Gasteiger partial charge in [0, 0.05) is 24.8 Å². The maximum atomic E-state index is 10.6. The highest BCUT2D eigenvalue weighted by atomic mass is 16.5. The van der Waals surface area contributed by atoms with Crippen molar-refractivity contribution in [3.63, 3.8) is 0 Å². The maximum Gasteiger partial charge on any atom is 0.303 e. The molecule has 5 rings (SSSR count). The summed E-state index contributed by atoms with van der Waals surface area (Å²) in [5.41, 5.74) is 2.40. The van der Waals surface area contributed by atoms with Crippen LogP contribution < -0.4 is 15.4 Å². The number of benzene rings is 1. The summed E-state index contributed by atoms with van der Waals surface area (Å²) in [5, 5.41) is 15.8. The molecule has 40 heavy (non-hydrogen) atoms. The number of likely N-dealkylation sites (tertiary alicyclic amines) is 1. The van der Waals surface area contributed by atoms with Gasteiger partial charge in [0.15, 0.2) is 17.0 Å². The van der Waals surface area contributed by atoms with Gasteiger partial charge in [0.05, 0.1) is 12.9 Å². The van der Waals surface area contributed by atoms with E-state index in [4.69, 9.17) is 29.5 Å². The van der Waals surface area contributed by atoms with Crippen molar-refractivity contribution < 1.29 is 19.4 Å². The number of carboxylic acids is 1. The molecule has 2 aromatic heterocycles. The SMILES string of the molecule is CN1CCC(Nc2nc(Nc3ccc(OCCCCCCC(=O)O)cc3)nc3c2ncn3C2CCCCO2)CC1. The number of piperidine rings is 1. The third-order valence-corrected chi connectivity index (χ3v) is 7.61. The van der Waals surface area contributed by atoms with Crippen LogP contribution in [0, 0.1) is 0 Å². The summed E-state index contributed by atoms with van der Waals surface area (Å²) in [6, 6.07) is 8.13. The lowest BCUT2D eigenvalue weighted by Gasteiger charge is -2.30. The minimum atomic E-state index is -0.733. The highest BCUT2D eigenvalue weighted by Gasteiger charge is 2.23. The largest absolute Gasteiger partial charge is 0.494 e. The Hall–Kier alpha value is -3.44. The molecule has 3 aromatic rings. The van der Waals surface area contributed by atoms with E-state index in [2.05, 4.69) is 22.6 Å². The zero-order chi connectivity index (χ0) is 27.7. The molecule has 0 spiro atoms. The molecule has 4 heterocycles. The number of hydrogen-bond acceptors (Lipinski definition) is 9. The van der Waals surface area contributed by atoms with Crippen LogP contribution in [0.2, 0.25) is 0 Å². The first kappa shape index (κ1) is 28.1. The van der Waals surface area contributed by atoms with E-state index < -0.39 is 5.97 Å². The van der Waals surface area contributed by atoms with Gasteiger partial charge in [0.1, 0.15) is 12.0 Å². The molecule has 0 saturated carbocycles. The fourth-order valence-electron chi connectivity index (χ4n) is 5.26. The number of aromatic nitrogens is 4. The van der Waals surface area contributed by atoms with Crippen LogP contribution in [0.5, 0.6) is 5.75 Å². The summed E-state index contributed by atoms with van der Waals surface area (Å²) in [5.74, 6) is 1.32. The summed E-state index contributed by atoms with van der Waals surface area (Å²) >= 11 is 0. The zero-order valence-electron chi connectivity index (χ0n) is 23.3. The maximum absolute atomic E-state index is 10.6. The second kappa shape index (κ2) is 13.8. The van der Waals surface area contributed by atoms with Crippen LogP contribution >= 0.6 is 0 Å². The number of carboxylic acid groups (broad SMARTS) is 1. The van der Waals surface area contributed by atoms with Crippen LogP contribution in [0.4, 0.5) is 17.5 Å². The molecule has 1 atom stereocenters. The Bertz CT molecular complexity index is 1240. The number of carbonyl (C=O) groups is 1. The molecule has 0 aliphatic carbocycles. The molecule has 0 bridgehead atoms. The minimum absolute atomic E-state index is 0.0636. The highest BCUT2D eigenvalue weighted by Crippen LogP contribution is 2.30. The van der Waals surface area contributed by atoms with Crippen molar-refractivity contribution >= 4 is 34.6 Å². The van der Waals surface area contributed by atoms with Crippen molar-refractivity contribution in [2.75, 3.05) is 44.0 Å². The summed E-state index contributed by atoms with van der Waals surface area (Å²) in [6.45, 7) is 3.47. The average Bonchev–Trinajstić information content (AvgIpc) is 3.39. The molecule has 2 fully saturated rings. The van der Waals surface area contributed by atoms with Gasteiger partial charge in [-0.15, -0.1) is 0 Å². The fraction of sp³-hybridized carbons (Fsp3) is 0.586. The van der Waals surface area contributed by atoms with Crippen LogP contribution in [0.25, 0.3) is 11.2 Å². The second-order valence-corrected chi connectivity index (χ2v) is 10.8. The molecule has 3 N–H and O–H groups in total. The second-order valence-electron chi connectivity index (χ2n) is 10.8. The highest BCUT2D eigenvalue weighted by molar-refractivity contribution is 5.85. The first-order valence-corrected chi connectivity index (χ1v) is 14.6.